The van der Waals surface area contributed by atoms with Gasteiger partial charge in [0, 0.05) is 23.1 Å². The summed E-state index contributed by atoms with van der Waals surface area (Å²) in [5.74, 6) is 2.96. The van der Waals surface area contributed by atoms with Crippen molar-refractivity contribution in [3.63, 3.8) is 0 Å². The number of benzene rings is 1. The molecule has 0 amide bonds. The predicted octanol–water partition coefficient (Wildman–Crippen LogP) is 3.82. The molecule has 1 saturated heterocycles. The number of hydrogen-bond acceptors (Lipinski definition) is 3. The number of fused-ring (bicyclic) bond motifs is 1. The minimum Gasteiger partial charge on any atom is -0.493 e. The highest BCUT2D eigenvalue weighted by Crippen LogP contribution is 2.46. The zero-order valence-electron chi connectivity index (χ0n) is 12.0. The van der Waals surface area contributed by atoms with Crippen LogP contribution in [-0.4, -0.2) is 28.8 Å². The van der Waals surface area contributed by atoms with Gasteiger partial charge in [0.05, 0.1) is 12.2 Å². The van der Waals surface area contributed by atoms with Crippen molar-refractivity contribution in [3.05, 3.63) is 27.7 Å². The number of rotatable bonds is 2. The SMILES string of the molecule is CC1(C)CCSCC1(O)Cc1cc(Br)cc2c1OCC2. The fourth-order valence-electron chi connectivity index (χ4n) is 3.08. The number of ether oxygens (including phenoxy) is 1. The molecule has 1 fully saturated rings. The van der Waals surface area contributed by atoms with Crippen LogP contribution in [0.3, 0.4) is 0 Å². The van der Waals surface area contributed by atoms with E-state index in [0.29, 0.717) is 6.42 Å². The van der Waals surface area contributed by atoms with Crippen molar-refractivity contribution >= 4 is 27.7 Å². The third kappa shape index (κ3) is 2.51. The summed E-state index contributed by atoms with van der Waals surface area (Å²) in [6, 6.07) is 4.24. The molecular formula is C16H21BrO2S. The molecule has 110 valence electrons. The van der Waals surface area contributed by atoms with E-state index in [1.807, 2.05) is 11.8 Å². The Kier molecular flexibility index (Phi) is 3.85. The average Bonchev–Trinajstić information content (AvgIpc) is 2.81. The van der Waals surface area contributed by atoms with Crippen LogP contribution in [0.4, 0.5) is 0 Å². The van der Waals surface area contributed by atoms with Gasteiger partial charge < -0.3 is 9.84 Å². The van der Waals surface area contributed by atoms with Gasteiger partial charge >= 0.3 is 0 Å². The summed E-state index contributed by atoms with van der Waals surface area (Å²) in [7, 11) is 0. The summed E-state index contributed by atoms with van der Waals surface area (Å²) >= 11 is 5.44. The maximum atomic E-state index is 11.2. The lowest BCUT2D eigenvalue weighted by Gasteiger charge is -2.46. The highest BCUT2D eigenvalue weighted by atomic mass is 79.9. The van der Waals surface area contributed by atoms with E-state index in [1.165, 1.54) is 5.56 Å². The molecular weight excluding hydrogens is 336 g/mol. The molecule has 1 aromatic rings. The minimum atomic E-state index is -0.656. The Labute approximate surface area is 133 Å². The van der Waals surface area contributed by atoms with Gasteiger partial charge in [-0.2, -0.15) is 11.8 Å². The highest BCUT2D eigenvalue weighted by Gasteiger charge is 2.46. The van der Waals surface area contributed by atoms with Gasteiger partial charge in [-0.1, -0.05) is 29.8 Å². The molecule has 0 spiro atoms. The minimum absolute atomic E-state index is 0.0495. The van der Waals surface area contributed by atoms with Crippen LogP contribution < -0.4 is 4.74 Å². The third-order valence-electron chi connectivity index (χ3n) is 4.78. The molecule has 0 aliphatic carbocycles. The molecule has 0 saturated carbocycles. The fraction of sp³-hybridized carbons (Fsp3) is 0.625. The summed E-state index contributed by atoms with van der Waals surface area (Å²) in [6.45, 7) is 5.13. The van der Waals surface area contributed by atoms with Crippen LogP contribution in [0, 0.1) is 5.41 Å². The molecule has 20 heavy (non-hydrogen) atoms. The van der Waals surface area contributed by atoms with Crippen LogP contribution in [0.1, 0.15) is 31.4 Å². The van der Waals surface area contributed by atoms with Gasteiger partial charge in [0.2, 0.25) is 0 Å². The molecule has 1 unspecified atom stereocenters. The van der Waals surface area contributed by atoms with Gasteiger partial charge in [-0.3, -0.25) is 0 Å². The second-order valence-electron chi connectivity index (χ2n) is 6.55. The zero-order chi connectivity index (χ0) is 14.4. The fourth-order valence-corrected chi connectivity index (χ4v) is 5.26. The van der Waals surface area contributed by atoms with Crippen molar-refractivity contribution in [1.29, 1.82) is 0 Å². The van der Waals surface area contributed by atoms with E-state index < -0.39 is 5.60 Å². The Hall–Kier alpha value is -0.190. The first-order valence-corrected chi connectivity index (χ1v) is 9.10. The molecule has 1 atom stereocenters. The van der Waals surface area contributed by atoms with E-state index >= 15 is 0 Å². The summed E-state index contributed by atoms with van der Waals surface area (Å²) < 4.78 is 6.89. The van der Waals surface area contributed by atoms with Crippen LogP contribution in [-0.2, 0) is 12.8 Å². The van der Waals surface area contributed by atoms with E-state index in [0.717, 1.165) is 46.7 Å². The maximum Gasteiger partial charge on any atom is 0.125 e. The summed E-state index contributed by atoms with van der Waals surface area (Å²) in [6.07, 6.45) is 2.71. The molecule has 2 nitrogen and oxygen atoms in total. The van der Waals surface area contributed by atoms with Crippen molar-refractivity contribution < 1.29 is 9.84 Å². The van der Waals surface area contributed by atoms with Gasteiger partial charge in [-0.05, 0) is 40.8 Å². The van der Waals surface area contributed by atoms with Crippen molar-refractivity contribution in [1.82, 2.24) is 0 Å². The lowest BCUT2D eigenvalue weighted by Crippen LogP contribution is -2.51. The van der Waals surface area contributed by atoms with Crippen molar-refractivity contribution in [3.8, 4) is 5.75 Å². The lowest BCUT2D eigenvalue weighted by molar-refractivity contribution is -0.0516. The van der Waals surface area contributed by atoms with Crippen LogP contribution in [0.2, 0.25) is 0 Å². The summed E-state index contributed by atoms with van der Waals surface area (Å²) in [4.78, 5) is 0. The highest BCUT2D eigenvalue weighted by molar-refractivity contribution is 9.10. The summed E-state index contributed by atoms with van der Waals surface area (Å²) in [5, 5.41) is 11.2. The summed E-state index contributed by atoms with van der Waals surface area (Å²) in [5.41, 5.74) is 1.70. The Morgan fingerprint density at radius 3 is 2.95 bits per heavy atom. The van der Waals surface area contributed by atoms with Crippen LogP contribution in [0.15, 0.2) is 16.6 Å². The van der Waals surface area contributed by atoms with Gasteiger partial charge in [0.25, 0.3) is 0 Å². The molecule has 0 aromatic heterocycles. The quantitative estimate of drug-likeness (QED) is 0.873. The van der Waals surface area contributed by atoms with Crippen LogP contribution in [0.5, 0.6) is 5.75 Å². The van der Waals surface area contributed by atoms with E-state index in [1.54, 1.807) is 0 Å². The number of thioether (sulfide) groups is 1. The Balaban J connectivity index is 1.95. The normalized spacial score (nSPS) is 28.0. The van der Waals surface area contributed by atoms with Gasteiger partial charge in [-0.15, -0.1) is 0 Å². The maximum absolute atomic E-state index is 11.2. The molecule has 0 radical (unpaired) electrons. The second-order valence-corrected chi connectivity index (χ2v) is 8.57. The molecule has 3 rings (SSSR count). The monoisotopic (exact) mass is 356 g/mol. The Morgan fingerprint density at radius 2 is 2.20 bits per heavy atom. The van der Waals surface area contributed by atoms with E-state index in [9.17, 15) is 5.11 Å². The number of halogens is 1. The number of aliphatic hydroxyl groups is 1. The largest absolute Gasteiger partial charge is 0.493 e. The second kappa shape index (κ2) is 5.22. The Bertz CT molecular complexity index is 529. The zero-order valence-corrected chi connectivity index (χ0v) is 14.4. The molecule has 2 aliphatic rings. The van der Waals surface area contributed by atoms with Gasteiger partial charge in [0.15, 0.2) is 0 Å². The standard InChI is InChI=1S/C16H21BrO2S/c1-15(2)4-6-20-10-16(15,18)9-12-8-13(17)7-11-3-5-19-14(11)12/h7-8,18H,3-6,9-10H2,1-2H3. The molecule has 1 aromatic carbocycles. The van der Waals surface area contributed by atoms with E-state index in [2.05, 4.69) is 41.9 Å². The van der Waals surface area contributed by atoms with Crippen LogP contribution >= 0.6 is 27.7 Å². The lowest BCUT2D eigenvalue weighted by atomic mass is 9.70. The molecule has 0 bridgehead atoms. The van der Waals surface area contributed by atoms with Crippen molar-refractivity contribution in [2.24, 2.45) is 5.41 Å². The Morgan fingerprint density at radius 1 is 1.40 bits per heavy atom. The van der Waals surface area contributed by atoms with Crippen molar-refractivity contribution in [2.45, 2.75) is 38.7 Å². The molecule has 4 heteroatoms. The van der Waals surface area contributed by atoms with Gasteiger partial charge in [-0.25, -0.2) is 0 Å². The first kappa shape index (κ1) is 14.7. The first-order chi connectivity index (χ1) is 9.41. The number of hydrogen-bond donors (Lipinski definition) is 1. The first-order valence-electron chi connectivity index (χ1n) is 7.16. The average molecular weight is 357 g/mol. The van der Waals surface area contributed by atoms with Crippen molar-refractivity contribution in [2.75, 3.05) is 18.1 Å². The van der Waals surface area contributed by atoms with Gasteiger partial charge in [0.1, 0.15) is 5.75 Å². The topological polar surface area (TPSA) is 29.5 Å². The third-order valence-corrected chi connectivity index (χ3v) is 6.41. The molecule has 2 heterocycles. The van der Waals surface area contributed by atoms with E-state index in [4.69, 9.17) is 4.74 Å². The molecule has 2 aliphatic heterocycles. The van der Waals surface area contributed by atoms with Crippen LogP contribution in [0.25, 0.3) is 0 Å². The van der Waals surface area contributed by atoms with E-state index in [-0.39, 0.29) is 5.41 Å². The predicted molar refractivity (Wildman–Crippen MR) is 87.7 cm³/mol. The molecule has 1 N–H and O–H groups in total. The smallest absolute Gasteiger partial charge is 0.125 e.